The maximum atomic E-state index is 6.06. The van der Waals surface area contributed by atoms with Crippen LogP contribution in [0.4, 0.5) is 0 Å². The molecule has 1 aliphatic carbocycles. The monoisotopic (exact) mass is 287 g/mol. The van der Waals surface area contributed by atoms with Crippen LogP contribution in [0, 0.1) is 0 Å². The van der Waals surface area contributed by atoms with Crippen molar-refractivity contribution in [3.63, 3.8) is 0 Å². The summed E-state index contributed by atoms with van der Waals surface area (Å²) in [5, 5.41) is 3.71. The van der Waals surface area contributed by atoms with Crippen molar-refractivity contribution in [2.24, 2.45) is 0 Å². The van der Waals surface area contributed by atoms with E-state index in [1.54, 1.807) is 11.1 Å². The van der Waals surface area contributed by atoms with Gasteiger partial charge in [0.05, 0.1) is 6.10 Å². The van der Waals surface area contributed by atoms with E-state index in [2.05, 4.69) is 36.5 Å². The summed E-state index contributed by atoms with van der Waals surface area (Å²) < 4.78 is 6.06. The summed E-state index contributed by atoms with van der Waals surface area (Å²) in [6.07, 6.45) is 9.39. The Kier molecular flexibility index (Phi) is 5.32. The van der Waals surface area contributed by atoms with Gasteiger partial charge in [0.15, 0.2) is 0 Å². The standard InChI is InChI=1S/C19H29NO/c1-2-20-18(19-12-5-6-13-21-19)14-16-10-7-9-15-8-3-4-11-17(15)16/h3-4,8,11,16,18-20H,2,5-7,9-10,12-14H2,1H3. The van der Waals surface area contributed by atoms with E-state index < -0.39 is 0 Å². The van der Waals surface area contributed by atoms with Crippen molar-refractivity contribution in [2.45, 2.75) is 69.9 Å². The molecule has 0 amide bonds. The molecular formula is C19H29NO. The van der Waals surface area contributed by atoms with E-state index >= 15 is 0 Å². The third-order valence-electron chi connectivity index (χ3n) is 5.16. The minimum Gasteiger partial charge on any atom is -0.377 e. The molecule has 1 aromatic rings. The lowest BCUT2D eigenvalue weighted by molar-refractivity contribution is -0.0107. The van der Waals surface area contributed by atoms with Gasteiger partial charge in [-0.3, -0.25) is 0 Å². The fraction of sp³-hybridized carbons (Fsp3) is 0.684. The predicted octanol–water partition coefficient (Wildman–Crippen LogP) is 4.04. The Labute approximate surface area is 129 Å². The van der Waals surface area contributed by atoms with Gasteiger partial charge in [0.25, 0.3) is 0 Å². The summed E-state index contributed by atoms with van der Waals surface area (Å²) in [5.74, 6) is 0.713. The first-order valence-electron chi connectivity index (χ1n) is 8.81. The third kappa shape index (κ3) is 3.67. The van der Waals surface area contributed by atoms with Crippen LogP contribution in [-0.2, 0) is 11.2 Å². The van der Waals surface area contributed by atoms with Gasteiger partial charge in [-0.05, 0) is 68.5 Å². The fourth-order valence-corrected chi connectivity index (χ4v) is 4.12. The van der Waals surface area contributed by atoms with E-state index in [1.165, 1.54) is 44.9 Å². The van der Waals surface area contributed by atoms with Gasteiger partial charge in [-0.15, -0.1) is 0 Å². The van der Waals surface area contributed by atoms with Crippen molar-refractivity contribution in [2.75, 3.05) is 13.2 Å². The fourth-order valence-electron chi connectivity index (χ4n) is 4.12. The average Bonchev–Trinajstić information content (AvgIpc) is 2.55. The van der Waals surface area contributed by atoms with Gasteiger partial charge >= 0.3 is 0 Å². The van der Waals surface area contributed by atoms with Crippen LogP contribution in [0.3, 0.4) is 0 Å². The molecule has 3 unspecified atom stereocenters. The van der Waals surface area contributed by atoms with Gasteiger partial charge in [0, 0.05) is 12.6 Å². The number of nitrogens with one attached hydrogen (secondary N) is 1. The van der Waals surface area contributed by atoms with Crippen LogP contribution in [0.1, 0.15) is 62.5 Å². The van der Waals surface area contributed by atoms with E-state index in [4.69, 9.17) is 4.74 Å². The second-order valence-electron chi connectivity index (χ2n) is 6.59. The Morgan fingerprint density at radius 2 is 2.10 bits per heavy atom. The van der Waals surface area contributed by atoms with Crippen molar-refractivity contribution in [3.05, 3.63) is 35.4 Å². The van der Waals surface area contributed by atoms with Gasteiger partial charge < -0.3 is 10.1 Å². The van der Waals surface area contributed by atoms with E-state index in [0.717, 1.165) is 13.2 Å². The molecule has 0 bridgehead atoms. The number of aryl methyl sites for hydroxylation is 1. The number of hydrogen-bond donors (Lipinski definition) is 1. The number of likely N-dealkylation sites (N-methyl/N-ethyl adjacent to an activating group) is 1. The van der Waals surface area contributed by atoms with Gasteiger partial charge in [0.1, 0.15) is 0 Å². The van der Waals surface area contributed by atoms with Crippen molar-refractivity contribution >= 4 is 0 Å². The molecule has 1 aliphatic heterocycles. The van der Waals surface area contributed by atoms with Gasteiger partial charge in [-0.1, -0.05) is 31.2 Å². The van der Waals surface area contributed by atoms with Crippen molar-refractivity contribution < 1.29 is 4.74 Å². The molecule has 3 atom stereocenters. The molecule has 1 heterocycles. The maximum absolute atomic E-state index is 6.06. The lowest BCUT2D eigenvalue weighted by Gasteiger charge is -2.35. The summed E-state index contributed by atoms with van der Waals surface area (Å²) in [6, 6.07) is 9.58. The van der Waals surface area contributed by atoms with Crippen molar-refractivity contribution in [1.82, 2.24) is 5.32 Å². The lowest BCUT2D eigenvalue weighted by atomic mass is 9.78. The highest BCUT2D eigenvalue weighted by Crippen LogP contribution is 2.36. The molecule has 0 saturated carbocycles. The summed E-state index contributed by atoms with van der Waals surface area (Å²) in [6.45, 7) is 4.21. The zero-order valence-electron chi connectivity index (χ0n) is 13.3. The van der Waals surface area contributed by atoms with Gasteiger partial charge in [0.2, 0.25) is 0 Å². The van der Waals surface area contributed by atoms with Gasteiger partial charge in [-0.25, -0.2) is 0 Å². The molecule has 1 aromatic carbocycles. The lowest BCUT2D eigenvalue weighted by Crippen LogP contribution is -2.44. The summed E-state index contributed by atoms with van der Waals surface area (Å²) in [4.78, 5) is 0. The highest BCUT2D eigenvalue weighted by Gasteiger charge is 2.29. The van der Waals surface area contributed by atoms with E-state index in [-0.39, 0.29) is 0 Å². The van der Waals surface area contributed by atoms with Crippen molar-refractivity contribution in [3.8, 4) is 0 Å². The average molecular weight is 287 g/mol. The van der Waals surface area contributed by atoms with Crippen molar-refractivity contribution in [1.29, 1.82) is 0 Å². The second kappa shape index (κ2) is 7.42. The smallest absolute Gasteiger partial charge is 0.0728 e. The first-order chi connectivity index (χ1) is 10.4. The minimum absolute atomic E-state index is 0.424. The van der Waals surface area contributed by atoms with E-state index in [1.807, 2.05) is 0 Å². The largest absolute Gasteiger partial charge is 0.377 e. The molecule has 2 heteroatoms. The molecule has 0 spiro atoms. The Morgan fingerprint density at radius 1 is 1.19 bits per heavy atom. The Balaban J connectivity index is 1.71. The molecule has 116 valence electrons. The summed E-state index contributed by atoms with van der Waals surface area (Å²) in [5.41, 5.74) is 3.18. The van der Waals surface area contributed by atoms with Crippen LogP contribution in [-0.4, -0.2) is 25.3 Å². The Bertz CT molecular complexity index is 439. The van der Waals surface area contributed by atoms with E-state index in [0.29, 0.717) is 18.1 Å². The van der Waals surface area contributed by atoms with E-state index in [9.17, 15) is 0 Å². The highest BCUT2D eigenvalue weighted by atomic mass is 16.5. The predicted molar refractivity (Wildman–Crippen MR) is 87.8 cm³/mol. The summed E-state index contributed by atoms with van der Waals surface area (Å²) >= 11 is 0. The molecule has 21 heavy (non-hydrogen) atoms. The highest BCUT2D eigenvalue weighted by molar-refractivity contribution is 5.32. The second-order valence-corrected chi connectivity index (χ2v) is 6.59. The zero-order valence-corrected chi connectivity index (χ0v) is 13.3. The van der Waals surface area contributed by atoms with Gasteiger partial charge in [-0.2, -0.15) is 0 Å². The first-order valence-corrected chi connectivity index (χ1v) is 8.81. The SMILES string of the molecule is CCNC(CC1CCCc2ccccc21)C1CCCCO1. The Morgan fingerprint density at radius 3 is 2.90 bits per heavy atom. The number of fused-ring (bicyclic) bond motifs is 1. The topological polar surface area (TPSA) is 21.3 Å². The number of rotatable bonds is 5. The quantitative estimate of drug-likeness (QED) is 0.882. The molecular weight excluding hydrogens is 258 g/mol. The number of benzene rings is 1. The molecule has 1 N–H and O–H groups in total. The molecule has 2 nitrogen and oxygen atoms in total. The third-order valence-corrected chi connectivity index (χ3v) is 5.16. The zero-order chi connectivity index (χ0) is 14.5. The first kappa shape index (κ1) is 15.1. The molecule has 0 radical (unpaired) electrons. The van der Waals surface area contributed by atoms with Crippen LogP contribution in [0.15, 0.2) is 24.3 Å². The normalized spacial score (nSPS) is 27.1. The van der Waals surface area contributed by atoms with Crippen LogP contribution in [0.2, 0.25) is 0 Å². The summed E-state index contributed by atoms with van der Waals surface area (Å²) in [7, 11) is 0. The molecule has 2 aliphatic rings. The van der Waals surface area contributed by atoms with Crippen LogP contribution in [0.5, 0.6) is 0 Å². The number of hydrogen-bond acceptors (Lipinski definition) is 2. The molecule has 0 aromatic heterocycles. The molecule has 1 fully saturated rings. The number of ether oxygens (including phenoxy) is 1. The van der Waals surface area contributed by atoms with Crippen LogP contribution >= 0.6 is 0 Å². The maximum Gasteiger partial charge on any atom is 0.0728 e. The Hall–Kier alpha value is -0.860. The molecule has 3 rings (SSSR count). The minimum atomic E-state index is 0.424. The molecule has 1 saturated heterocycles. The van der Waals surface area contributed by atoms with Crippen LogP contribution in [0.25, 0.3) is 0 Å². The van der Waals surface area contributed by atoms with Crippen LogP contribution < -0.4 is 5.32 Å².